The topological polar surface area (TPSA) is 88.7 Å². The molecule has 2 aromatic rings. The van der Waals surface area contributed by atoms with Gasteiger partial charge < -0.3 is 20.1 Å². The Hall–Kier alpha value is -2.49. The maximum Gasteiger partial charge on any atom is 0.257 e. The summed E-state index contributed by atoms with van der Waals surface area (Å²) in [6, 6.07) is 11.9. The summed E-state index contributed by atoms with van der Waals surface area (Å²) in [4.78, 5) is 24.6. The third kappa shape index (κ3) is 7.40. The molecule has 0 aromatic heterocycles. The molecule has 9 heteroatoms. The molecule has 0 saturated heterocycles. The number of hydrogen-bond donors (Lipinski definition) is 3. The first-order chi connectivity index (χ1) is 14.4. The molecule has 160 valence electrons. The Morgan fingerprint density at radius 2 is 1.83 bits per heavy atom. The maximum atomic E-state index is 12.5. The van der Waals surface area contributed by atoms with E-state index in [0.29, 0.717) is 46.8 Å². The zero-order valence-corrected chi connectivity index (χ0v) is 19.2. The fourth-order valence-electron chi connectivity index (χ4n) is 2.41. The molecule has 0 unspecified atom stereocenters. The smallest absolute Gasteiger partial charge is 0.257 e. The summed E-state index contributed by atoms with van der Waals surface area (Å²) in [7, 11) is 1.60. The van der Waals surface area contributed by atoms with Crippen molar-refractivity contribution >= 4 is 50.8 Å². The number of benzene rings is 2. The van der Waals surface area contributed by atoms with Gasteiger partial charge >= 0.3 is 0 Å². The van der Waals surface area contributed by atoms with Crippen LogP contribution >= 0.6 is 28.1 Å². The van der Waals surface area contributed by atoms with Crippen molar-refractivity contribution in [2.45, 2.75) is 13.3 Å². The second-order valence-corrected chi connectivity index (χ2v) is 7.49. The lowest BCUT2D eigenvalue weighted by atomic mass is 10.2. The highest BCUT2D eigenvalue weighted by Crippen LogP contribution is 2.26. The lowest BCUT2D eigenvalue weighted by Gasteiger charge is -2.12. The van der Waals surface area contributed by atoms with E-state index in [1.54, 1.807) is 49.6 Å². The first-order valence-electron chi connectivity index (χ1n) is 9.36. The van der Waals surface area contributed by atoms with E-state index in [-0.39, 0.29) is 16.9 Å². The molecule has 7 nitrogen and oxygen atoms in total. The van der Waals surface area contributed by atoms with Crippen molar-refractivity contribution in [2.24, 2.45) is 0 Å². The van der Waals surface area contributed by atoms with E-state index in [1.165, 1.54) is 0 Å². The van der Waals surface area contributed by atoms with E-state index in [4.69, 9.17) is 21.7 Å². The molecule has 0 aliphatic carbocycles. The number of amides is 2. The SMILES string of the molecule is CCCNC(=O)c1cccc(NC(=S)NC(=O)c2ccc(OCCOC)c(Br)c2)c1. The van der Waals surface area contributed by atoms with Gasteiger partial charge in [-0.25, -0.2) is 0 Å². The average Bonchev–Trinajstić information content (AvgIpc) is 2.73. The molecule has 2 rings (SSSR count). The summed E-state index contributed by atoms with van der Waals surface area (Å²) >= 11 is 8.62. The second-order valence-electron chi connectivity index (χ2n) is 6.23. The first kappa shape index (κ1) is 23.8. The standard InChI is InChI=1S/C21H24BrN3O4S/c1-3-9-23-19(26)14-5-4-6-16(12-14)24-21(30)25-20(27)15-7-8-18(17(22)13-15)29-11-10-28-2/h4-8,12-13H,3,9-11H2,1-2H3,(H,23,26)(H2,24,25,27,30). The highest BCUT2D eigenvalue weighted by Gasteiger charge is 2.12. The Morgan fingerprint density at radius 1 is 1.07 bits per heavy atom. The molecule has 0 bridgehead atoms. The summed E-state index contributed by atoms with van der Waals surface area (Å²) in [5, 5.41) is 8.49. The Kier molecular flexibility index (Phi) is 9.72. The summed E-state index contributed by atoms with van der Waals surface area (Å²) in [6.07, 6.45) is 0.857. The molecule has 0 saturated carbocycles. The van der Waals surface area contributed by atoms with Gasteiger partial charge in [0.25, 0.3) is 11.8 Å². The van der Waals surface area contributed by atoms with Crippen LogP contribution < -0.4 is 20.7 Å². The van der Waals surface area contributed by atoms with Crippen LogP contribution in [0.3, 0.4) is 0 Å². The van der Waals surface area contributed by atoms with Gasteiger partial charge in [-0.1, -0.05) is 13.0 Å². The Bertz CT molecular complexity index is 908. The van der Waals surface area contributed by atoms with Crippen molar-refractivity contribution in [1.29, 1.82) is 0 Å². The molecule has 2 amide bonds. The van der Waals surface area contributed by atoms with Crippen LogP contribution in [0.2, 0.25) is 0 Å². The maximum absolute atomic E-state index is 12.5. The van der Waals surface area contributed by atoms with E-state index in [1.807, 2.05) is 6.92 Å². The van der Waals surface area contributed by atoms with Crippen LogP contribution in [0.25, 0.3) is 0 Å². The van der Waals surface area contributed by atoms with Crippen LogP contribution in [0.15, 0.2) is 46.9 Å². The minimum atomic E-state index is -0.367. The molecule has 0 spiro atoms. The number of carbonyl (C=O) groups is 2. The van der Waals surface area contributed by atoms with Gasteiger partial charge in [-0.15, -0.1) is 0 Å². The normalized spacial score (nSPS) is 10.2. The van der Waals surface area contributed by atoms with E-state index in [2.05, 4.69) is 31.9 Å². The number of methoxy groups -OCH3 is 1. The monoisotopic (exact) mass is 493 g/mol. The Morgan fingerprint density at radius 3 is 2.53 bits per heavy atom. The van der Waals surface area contributed by atoms with Crippen molar-refractivity contribution < 1.29 is 19.1 Å². The fourth-order valence-corrected chi connectivity index (χ4v) is 3.11. The van der Waals surface area contributed by atoms with Crippen molar-refractivity contribution in [3.63, 3.8) is 0 Å². The van der Waals surface area contributed by atoms with Crippen LogP contribution in [-0.2, 0) is 4.74 Å². The van der Waals surface area contributed by atoms with Crippen LogP contribution in [0.5, 0.6) is 5.75 Å². The molecule has 3 N–H and O–H groups in total. The van der Waals surface area contributed by atoms with Gasteiger partial charge in [-0.3, -0.25) is 14.9 Å². The van der Waals surface area contributed by atoms with Gasteiger partial charge in [0.1, 0.15) is 12.4 Å². The van der Waals surface area contributed by atoms with Crippen LogP contribution in [0, 0.1) is 0 Å². The predicted octanol–water partition coefficient (Wildman–Crippen LogP) is 3.74. The summed E-state index contributed by atoms with van der Waals surface area (Å²) in [5.41, 5.74) is 1.53. The molecule has 0 aliphatic heterocycles. The lowest BCUT2D eigenvalue weighted by Crippen LogP contribution is -2.34. The molecular formula is C21H24BrN3O4S. The molecule has 2 aromatic carbocycles. The first-order valence-corrected chi connectivity index (χ1v) is 10.6. The highest BCUT2D eigenvalue weighted by atomic mass is 79.9. The van der Waals surface area contributed by atoms with Crippen LogP contribution in [0.1, 0.15) is 34.1 Å². The zero-order chi connectivity index (χ0) is 21.9. The minimum Gasteiger partial charge on any atom is -0.490 e. The molecule has 0 radical (unpaired) electrons. The zero-order valence-electron chi connectivity index (χ0n) is 16.8. The number of ether oxygens (including phenoxy) is 2. The van der Waals surface area contributed by atoms with Gasteiger partial charge in [0.2, 0.25) is 0 Å². The summed E-state index contributed by atoms with van der Waals surface area (Å²) < 4.78 is 11.1. The largest absolute Gasteiger partial charge is 0.490 e. The van der Waals surface area contributed by atoms with Gasteiger partial charge in [-0.05, 0) is 71.0 Å². The van der Waals surface area contributed by atoms with Crippen molar-refractivity contribution in [3.05, 3.63) is 58.1 Å². The van der Waals surface area contributed by atoms with Gasteiger partial charge in [0.05, 0.1) is 11.1 Å². The number of halogens is 1. The van der Waals surface area contributed by atoms with E-state index < -0.39 is 0 Å². The molecule has 0 heterocycles. The van der Waals surface area contributed by atoms with Gasteiger partial charge in [0, 0.05) is 30.5 Å². The van der Waals surface area contributed by atoms with E-state index in [9.17, 15) is 9.59 Å². The highest BCUT2D eigenvalue weighted by molar-refractivity contribution is 9.10. The van der Waals surface area contributed by atoms with Crippen molar-refractivity contribution in [3.8, 4) is 5.75 Å². The molecule has 0 aliphatic rings. The van der Waals surface area contributed by atoms with E-state index in [0.717, 1.165) is 6.42 Å². The van der Waals surface area contributed by atoms with Gasteiger partial charge in [0.15, 0.2) is 5.11 Å². The number of hydrogen-bond acceptors (Lipinski definition) is 5. The van der Waals surface area contributed by atoms with Crippen molar-refractivity contribution in [2.75, 3.05) is 32.2 Å². The average molecular weight is 494 g/mol. The second kappa shape index (κ2) is 12.3. The summed E-state index contributed by atoms with van der Waals surface area (Å²) in [6.45, 7) is 3.47. The quantitative estimate of drug-likeness (QED) is 0.364. The molecule has 30 heavy (non-hydrogen) atoms. The number of carbonyl (C=O) groups excluding carboxylic acids is 2. The predicted molar refractivity (Wildman–Crippen MR) is 124 cm³/mol. The lowest BCUT2D eigenvalue weighted by molar-refractivity contribution is 0.0951. The number of rotatable bonds is 9. The Balaban J connectivity index is 1.95. The van der Waals surface area contributed by atoms with Crippen LogP contribution in [0.4, 0.5) is 5.69 Å². The third-order valence-electron chi connectivity index (χ3n) is 3.88. The molecule has 0 fully saturated rings. The van der Waals surface area contributed by atoms with Gasteiger partial charge in [-0.2, -0.15) is 0 Å². The fraction of sp³-hybridized carbons (Fsp3) is 0.286. The third-order valence-corrected chi connectivity index (χ3v) is 4.71. The van der Waals surface area contributed by atoms with E-state index >= 15 is 0 Å². The van der Waals surface area contributed by atoms with Crippen molar-refractivity contribution in [1.82, 2.24) is 10.6 Å². The number of nitrogens with one attached hydrogen (secondary N) is 3. The minimum absolute atomic E-state index is 0.127. The molecular weight excluding hydrogens is 470 g/mol. The number of anilines is 1. The number of thiocarbonyl (C=S) groups is 1. The summed E-state index contributed by atoms with van der Waals surface area (Å²) in [5.74, 6) is 0.0871. The molecule has 0 atom stereocenters. The Labute approximate surface area is 189 Å². The van der Waals surface area contributed by atoms with Crippen LogP contribution in [-0.4, -0.2) is 43.8 Å².